The Bertz CT molecular complexity index is 733. The van der Waals surface area contributed by atoms with Crippen LogP contribution in [0, 0.1) is 0 Å². The summed E-state index contributed by atoms with van der Waals surface area (Å²) in [7, 11) is 0. The lowest BCUT2D eigenvalue weighted by atomic mass is 10.1. The van der Waals surface area contributed by atoms with E-state index in [2.05, 4.69) is 10.6 Å². The molecule has 2 aromatic carbocycles. The number of nitrogens with one attached hydrogen (secondary N) is 2. The Balaban J connectivity index is 2.27. The molecule has 1 amide bonds. The van der Waals surface area contributed by atoms with Crippen molar-refractivity contribution in [1.29, 1.82) is 0 Å². The molecule has 0 aliphatic carbocycles. The van der Waals surface area contributed by atoms with Gasteiger partial charge in [0.1, 0.15) is 6.17 Å². The molecule has 0 radical (unpaired) electrons. The van der Waals surface area contributed by atoms with Gasteiger partial charge in [0.05, 0.1) is 5.56 Å². The van der Waals surface area contributed by atoms with Crippen LogP contribution in [0.3, 0.4) is 0 Å². The third-order valence-electron chi connectivity index (χ3n) is 3.17. The average Bonchev–Trinajstić information content (AvgIpc) is 2.53. The zero-order chi connectivity index (χ0) is 18.7. The lowest BCUT2D eigenvalue weighted by molar-refractivity contribution is -0.137. The van der Waals surface area contributed by atoms with Gasteiger partial charge in [-0.2, -0.15) is 13.2 Å². The standard InChI is InChI=1S/C16H12Cl3F3N2O/c17-15(18,19)14(24-13(25)10-6-2-1-3-7-10)23-12-9-5-4-8-11(12)16(20,21)22/h1-9,14,23H,(H,24,25). The van der Waals surface area contributed by atoms with Crippen LogP contribution in [0.15, 0.2) is 54.6 Å². The van der Waals surface area contributed by atoms with E-state index in [1.165, 1.54) is 30.3 Å². The third-order valence-corrected chi connectivity index (χ3v) is 3.83. The van der Waals surface area contributed by atoms with E-state index in [4.69, 9.17) is 34.8 Å². The SMILES string of the molecule is O=C(NC(Nc1ccccc1C(F)(F)F)C(Cl)(Cl)Cl)c1ccccc1. The average molecular weight is 412 g/mol. The highest BCUT2D eigenvalue weighted by atomic mass is 35.6. The van der Waals surface area contributed by atoms with E-state index in [-0.39, 0.29) is 11.3 Å². The highest BCUT2D eigenvalue weighted by molar-refractivity contribution is 6.68. The van der Waals surface area contributed by atoms with Gasteiger partial charge in [0.15, 0.2) is 0 Å². The van der Waals surface area contributed by atoms with Crippen molar-refractivity contribution in [3.63, 3.8) is 0 Å². The van der Waals surface area contributed by atoms with Gasteiger partial charge in [-0.15, -0.1) is 0 Å². The molecule has 0 aliphatic heterocycles. The van der Waals surface area contributed by atoms with Gasteiger partial charge in [-0.05, 0) is 24.3 Å². The van der Waals surface area contributed by atoms with E-state index < -0.39 is 27.6 Å². The number of rotatable bonds is 4. The number of benzene rings is 2. The van der Waals surface area contributed by atoms with Crippen LogP contribution in [-0.4, -0.2) is 15.9 Å². The second kappa shape index (κ2) is 7.72. The van der Waals surface area contributed by atoms with Crippen LogP contribution in [0.1, 0.15) is 15.9 Å². The minimum atomic E-state index is -4.61. The largest absolute Gasteiger partial charge is 0.418 e. The molecule has 0 bridgehead atoms. The number of carbonyl (C=O) groups excluding carboxylic acids is 1. The van der Waals surface area contributed by atoms with Crippen molar-refractivity contribution < 1.29 is 18.0 Å². The van der Waals surface area contributed by atoms with Crippen LogP contribution >= 0.6 is 34.8 Å². The summed E-state index contributed by atoms with van der Waals surface area (Å²) in [6.45, 7) is 0. The van der Waals surface area contributed by atoms with E-state index in [0.717, 1.165) is 6.07 Å². The van der Waals surface area contributed by atoms with Crippen molar-refractivity contribution in [2.45, 2.75) is 16.1 Å². The lowest BCUT2D eigenvalue weighted by Gasteiger charge is -2.28. The Morgan fingerprint density at radius 2 is 1.48 bits per heavy atom. The molecule has 0 spiro atoms. The van der Waals surface area contributed by atoms with Gasteiger partial charge in [-0.3, -0.25) is 4.79 Å². The van der Waals surface area contributed by atoms with E-state index in [1.54, 1.807) is 18.2 Å². The number of hydrogen-bond donors (Lipinski definition) is 2. The minimum absolute atomic E-state index is 0.271. The van der Waals surface area contributed by atoms with Gasteiger partial charge in [0.2, 0.25) is 3.79 Å². The summed E-state index contributed by atoms with van der Waals surface area (Å²) in [4.78, 5) is 12.2. The van der Waals surface area contributed by atoms with Crippen molar-refractivity contribution in [1.82, 2.24) is 5.32 Å². The molecule has 0 saturated carbocycles. The molecule has 3 nitrogen and oxygen atoms in total. The first-order valence-electron chi connectivity index (χ1n) is 6.94. The quantitative estimate of drug-likeness (QED) is 0.533. The van der Waals surface area contributed by atoms with E-state index in [0.29, 0.717) is 0 Å². The molecular formula is C16H12Cl3F3N2O. The van der Waals surface area contributed by atoms with E-state index in [1.807, 2.05) is 0 Å². The molecule has 0 saturated heterocycles. The number of anilines is 1. The smallest absolute Gasteiger partial charge is 0.361 e. The molecule has 0 aromatic heterocycles. The number of halogens is 6. The third kappa shape index (κ3) is 5.42. The lowest BCUT2D eigenvalue weighted by Crippen LogP contribution is -2.49. The molecule has 1 unspecified atom stereocenters. The summed E-state index contributed by atoms with van der Waals surface area (Å²) in [5, 5.41) is 4.83. The second-order valence-corrected chi connectivity index (χ2v) is 7.37. The van der Waals surface area contributed by atoms with Gasteiger partial charge >= 0.3 is 6.18 Å². The number of amides is 1. The Morgan fingerprint density at radius 1 is 0.920 bits per heavy atom. The van der Waals surface area contributed by atoms with Crippen molar-refractivity contribution in [3.8, 4) is 0 Å². The summed E-state index contributed by atoms with van der Waals surface area (Å²) in [5.41, 5.74) is -0.990. The minimum Gasteiger partial charge on any atom is -0.361 e. The first kappa shape index (κ1) is 19.7. The Morgan fingerprint density at radius 3 is 2.04 bits per heavy atom. The van der Waals surface area contributed by atoms with Crippen molar-refractivity contribution >= 4 is 46.4 Å². The van der Waals surface area contributed by atoms with Crippen LogP contribution in [-0.2, 0) is 6.18 Å². The van der Waals surface area contributed by atoms with Crippen LogP contribution in [0.2, 0.25) is 0 Å². The van der Waals surface area contributed by atoms with Crippen molar-refractivity contribution in [3.05, 3.63) is 65.7 Å². The summed E-state index contributed by atoms with van der Waals surface area (Å²) in [5.74, 6) is -0.603. The van der Waals surface area contributed by atoms with Crippen LogP contribution in [0.4, 0.5) is 18.9 Å². The van der Waals surface area contributed by atoms with Crippen molar-refractivity contribution in [2.24, 2.45) is 0 Å². The molecule has 2 rings (SSSR count). The molecule has 1 atom stereocenters. The maximum absolute atomic E-state index is 13.1. The molecule has 134 valence electrons. The molecule has 25 heavy (non-hydrogen) atoms. The predicted molar refractivity (Wildman–Crippen MR) is 93.1 cm³/mol. The van der Waals surface area contributed by atoms with Crippen LogP contribution in [0.25, 0.3) is 0 Å². The predicted octanol–water partition coefficient (Wildman–Crippen LogP) is 5.24. The Kier molecular flexibility index (Phi) is 6.08. The maximum atomic E-state index is 13.1. The highest BCUT2D eigenvalue weighted by Crippen LogP contribution is 2.37. The monoisotopic (exact) mass is 410 g/mol. The van der Waals surface area contributed by atoms with E-state index >= 15 is 0 Å². The summed E-state index contributed by atoms with van der Waals surface area (Å²) >= 11 is 17.5. The normalized spacial score (nSPS) is 13.2. The number of carbonyl (C=O) groups is 1. The summed E-state index contributed by atoms with van der Waals surface area (Å²) in [6, 6.07) is 12.7. The van der Waals surface area contributed by atoms with Gasteiger partial charge in [0, 0.05) is 11.3 Å². The molecule has 9 heteroatoms. The first-order chi connectivity index (χ1) is 11.6. The molecule has 2 N–H and O–H groups in total. The van der Waals surface area contributed by atoms with Gasteiger partial charge in [-0.1, -0.05) is 65.1 Å². The van der Waals surface area contributed by atoms with Gasteiger partial charge < -0.3 is 10.6 Å². The number of alkyl halides is 6. The van der Waals surface area contributed by atoms with Crippen molar-refractivity contribution in [2.75, 3.05) is 5.32 Å². The zero-order valence-corrected chi connectivity index (χ0v) is 14.7. The molecular weight excluding hydrogens is 400 g/mol. The molecule has 2 aromatic rings. The summed E-state index contributed by atoms with van der Waals surface area (Å²) < 4.78 is 37.2. The molecule has 0 aliphatic rings. The fraction of sp³-hybridized carbons (Fsp3) is 0.188. The maximum Gasteiger partial charge on any atom is 0.418 e. The fourth-order valence-corrected chi connectivity index (χ4v) is 2.34. The second-order valence-electron chi connectivity index (χ2n) is 5.00. The zero-order valence-electron chi connectivity index (χ0n) is 12.4. The molecule has 0 heterocycles. The number of para-hydroxylation sites is 1. The van der Waals surface area contributed by atoms with Gasteiger partial charge in [-0.25, -0.2) is 0 Å². The fourth-order valence-electron chi connectivity index (χ4n) is 2.02. The van der Waals surface area contributed by atoms with Crippen LogP contribution < -0.4 is 10.6 Å². The summed E-state index contributed by atoms with van der Waals surface area (Å²) in [6.07, 6.45) is -6.00. The Labute approximate surface area is 157 Å². The molecule has 0 fully saturated rings. The topological polar surface area (TPSA) is 41.1 Å². The van der Waals surface area contributed by atoms with Gasteiger partial charge in [0.25, 0.3) is 5.91 Å². The highest BCUT2D eigenvalue weighted by Gasteiger charge is 2.38. The first-order valence-corrected chi connectivity index (χ1v) is 8.08. The Hall–Kier alpha value is -1.63. The van der Waals surface area contributed by atoms with Crippen LogP contribution in [0.5, 0.6) is 0 Å². The van der Waals surface area contributed by atoms with E-state index in [9.17, 15) is 18.0 Å². The number of hydrogen-bond acceptors (Lipinski definition) is 2.